The van der Waals surface area contributed by atoms with Gasteiger partial charge in [-0.3, -0.25) is 14.6 Å². The number of hydrogen-bond acceptors (Lipinski definition) is 9. The average Bonchev–Trinajstić information content (AvgIpc) is 3.45. The molecule has 11 nitrogen and oxygen atoms in total. The van der Waals surface area contributed by atoms with Gasteiger partial charge in [0.25, 0.3) is 5.56 Å². The van der Waals surface area contributed by atoms with Gasteiger partial charge in [0, 0.05) is 60.5 Å². The average molecular weight is 625 g/mol. The number of nitrogens with zero attached hydrogens (tertiary/aromatic N) is 5. The van der Waals surface area contributed by atoms with Crippen molar-refractivity contribution in [2.45, 2.75) is 39.3 Å². The third kappa shape index (κ3) is 6.09. The van der Waals surface area contributed by atoms with Gasteiger partial charge in [-0.05, 0) is 43.5 Å². The van der Waals surface area contributed by atoms with Crippen molar-refractivity contribution >= 4 is 39.8 Å². The molecule has 1 amide bonds. The SMILES string of the molecule is COc1nc(-c2cccc(-c3cccc(Nc4nc(C)cc5cnn(C)c(=O)c45)c3C)c2Cl)cnc1CNCC1CCC(=O)N1. The minimum absolute atomic E-state index is 0.0857. The number of benzene rings is 2. The normalized spacial score (nSPS) is 14.5. The Labute approximate surface area is 265 Å². The van der Waals surface area contributed by atoms with E-state index >= 15 is 0 Å². The van der Waals surface area contributed by atoms with Crippen LogP contribution < -0.4 is 26.2 Å². The number of aromatic nitrogens is 5. The number of amides is 1. The standard InChI is InChI=1S/C33H33ClN8O3/c1-18-13-20-14-37-42(3)33(44)29(20)31(38-18)40-25-10-6-7-22(19(25)2)23-8-5-9-24(30(23)34)26-17-36-27(32(41-26)45-4)16-35-15-21-11-12-28(43)39-21/h5-10,13-14,17,21,35H,11-12,15-16H2,1-4H3,(H,38,40)(H,39,43). The lowest BCUT2D eigenvalue weighted by atomic mass is 9.96. The number of nitrogens with one attached hydrogen (secondary N) is 3. The van der Waals surface area contributed by atoms with Gasteiger partial charge in [-0.25, -0.2) is 14.6 Å². The summed E-state index contributed by atoms with van der Waals surface area (Å²) in [6, 6.07) is 13.7. The van der Waals surface area contributed by atoms with Crippen molar-refractivity contribution in [1.82, 2.24) is 35.4 Å². The number of methoxy groups -OCH3 is 1. The maximum absolute atomic E-state index is 13.0. The molecular formula is C33H33ClN8O3. The summed E-state index contributed by atoms with van der Waals surface area (Å²) >= 11 is 7.06. The Morgan fingerprint density at radius 2 is 1.84 bits per heavy atom. The van der Waals surface area contributed by atoms with Gasteiger partial charge >= 0.3 is 0 Å². The Morgan fingerprint density at radius 3 is 2.62 bits per heavy atom. The zero-order valence-electron chi connectivity index (χ0n) is 25.4. The Hall–Kier alpha value is -4.87. The molecule has 2 aromatic carbocycles. The molecule has 6 rings (SSSR count). The summed E-state index contributed by atoms with van der Waals surface area (Å²) in [5.74, 6) is 0.958. The number of carbonyl (C=O) groups excluding carboxylic acids is 1. The maximum Gasteiger partial charge on any atom is 0.278 e. The number of pyridine rings is 1. The van der Waals surface area contributed by atoms with Crippen LogP contribution in [0.4, 0.5) is 11.5 Å². The molecule has 230 valence electrons. The second-order valence-corrected chi connectivity index (χ2v) is 11.4. The second-order valence-electron chi connectivity index (χ2n) is 11.1. The van der Waals surface area contributed by atoms with Crippen LogP contribution in [0.15, 0.2) is 59.7 Å². The minimum atomic E-state index is -0.229. The first-order valence-electron chi connectivity index (χ1n) is 14.6. The van der Waals surface area contributed by atoms with E-state index in [0.717, 1.165) is 39.9 Å². The van der Waals surface area contributed by atoms with Gasteiger partial charge in [-0.15, -0.1) is 0 Å². The number of fused-ring (bicyclic) bond motifs is 1. The molecule has 3 N–H and O–H groups in total. The van der Waals surface area contributed by atoms with Crippen LogP contribution in [0.1, 0.15) is 29.8 Å². The van der Waals surface area contributed by atoms with Gasteiger partial charge in [0.05, 0.1) is 35.6 Å². The van der Waals surface area contributed by atoms with E-state index in [0.29, 0.717) is 58.6 Å². The molecule has 5 aromatic rings. The fraction of sp³-hybridized carbons (Fsp3) is 0.273. The number of ether oxygens (including phenoxy) is 1. The smallest absolute Gasteiger partial charge is 0.278 e. The number of rotatable bonds is 9. The van der Waals surface area contributed by atoms with E-state index in [1.165, 1.54) is 4.68 Å². The van der Waals surface area contributed by atoms with E-state index < -0.39 is 0 Å². The maximum atomic E-state index is 13.0. The third-order valence-electron chi connectivity index (χ3n) is 7.98. The molecule has 0 aliphatic carbocycles. The summed E-state index contributed by atoms with van der Waals surface area (Å²) in [6.45, 7) is 4.97. The van der Waals surface area contributed by atoms with Gasteiger partial charge in [0.1, 0.15) is 11.5 Å². The molecule has 0 radical (unpaired) electrons. The zero-order chi connectivity index (χ0) is 31.7. The van der Waals surface area contributed by atoms with Crippen molar-refractivity contribution in [2.75, 3.05) is 19.0 Å². The van der Waals surface area contributed by atoms with Crippen molar-refractivity contribution < 1.29 is 9.53 Å². The quantitative estimate of drug-likeness (QED) is 0.210. The number of aryl methyl sites for hydroxylation is 2. The monoisotopic (exact) mass is 624 g/mol. The zero-order valence-corrected chi connectivity index (χ0v) is 26.2. The van der Waals surface area contributed by atoms with Gasteiger partial charge in [-0.2, -0.15) is 5.10 Å². The molecule has 1 aliphatic heterocycles. The second kappa shape index (κ2) is 12.6. The molecule has 3 aromatic heterocycles. The molecule has 1 atom stereocenters. The summed E-state index contributed by atoms with van der Waals surface area (Å²) in [6.07, 6.45) is 4.74. The summed E-state index contributed by atoms with van der Waals surface area (Å²) in [4.78, 5) is 38.5. The first-order chi connectivity index (χ1) is 21.7. The van der Waals surface area contributed by atoms with Crippen molar-refractivity contribution in [3.05, 3.63) is 87.2 Å². The first-order valence-corrected chi connectivity index (χ1v) is 15.0. The highest BCUT2D eigenvalue weighted by molar-refractivity contribution is 6.36. The molecule has 1 saturated heterocycles. The molecule has 0 saturated carbocycles. The molecule has 12 heteroatoms. The summed E-state index contributed by atoms with van der Waals surface area (Å²) < 4.78 is 6.88. The van der Waals surface area contributed by atoms with Crippen molar-refractivity contribution in [2.24, 2.45) is 7.05 Å². The van der Waals surface area contributed by atoms with Crippen LogP contribution in [0.2, 0.25) is 5.02 Å². The van der Waals surface area contributed by atoms with Crippen LogP contribution in [0, 0.1) is 13.8 Å². The molecule has 45 heavy (non-hydrogen) atoms. The Kier molecular flexibility index (Phi) is 8.46. The predicted octanol–water partition coefficient (Wildman–Crippen LogP) is 4.84. The molecule has 0 spiro atoms. The number of halogens is 1. The van der Waals surface area contributed by atoms with Crippen LogP contribution in [-0.2, 0) is 18.4 Å². The van der Waals surface area contributed by atoms with Gasteiger partial charge in [-0.1, -0.05) is 41.9 Å². The number of anilines is 2. The van der Waals surface area contributed by atoms with Crippen molar-refractivity contribution in [3.8, 4) is 28.3 Å². The van der Waals surface area contributed by atoms with E-state index in [4.69, 9.17) is 21.3 Å². The van der Waals surface area contributed by atoms with Crippen LogP contribution in [-0.4, -0.2) is 50.3 Å². The predicted molar refractivity (Wildman–Crippen MR) is 175 cm³/mol. The number of carbonyl (C=O) groups is 1. The molecule has 0 bridgehead atoms. The number of hydrogen-bond donors (Lipinski definition) is 3. The largest absolute Gasteiger partial charge is 0.480 e. The van der Waals surface area contributed by atoms with Gasteiger partial charge in [0.15, 0.2) is 0 Å². The highest BCUT2D eigenvalue weighted by atomic mass is 35.5. The van der Waals surface area contributed by atoms with Crippen LogP contribution in [0.3, 0.4) is 0 Å². The van der Waals surface area contributed by atoms with E-state index in [2.05, 4.69) is 31.0 Å². The van der Waals surface area contributed by atoms with E-state index in [1.807, 2.05) is 56.3 Å². The van der Waals surface area contributed by atoms with E-state index in [-0.39, 0.29) is 17.5 Å². The lowest BCUT2D eigenvalue weighted by Gasteiger charge is -2.17. The minimum Gasteiger partial charge on any atom is -0.480 e. The highest BCUT2D eigenvalue weighted by Crippen LogP contribution is 2.39. The molecule has 1 fully saturated rings. The third-order valence-corrected chi connectivity index (χ3v) is 8.39. The van der Waals surface area contributed by atoms with Gasteiger partial charge < -0.3 is 20.7 Å². The lowest BCUT2D eigenvalue weighted by Crippen LogP contribution is -2.35. The van der Waals surface area contributed by atoms with Gasteiger partial charge in [0.2, 0.25) is 11.8 Å². The Balaban J connectivity index is 1.29. The van der Waals surface area contributed by atoms with Crippen LogP contribution >= 0.6 is 11.6 Å². The Morgan fingerprint density at radius 1 is 1.07 bits per heavy atom. The molecular weight excluding hydrogens is 592 g/mol. The molecule has 4 heterocycles. The van der Waals surface area contributed by atoms with E-state index in [9.17, 15) is 9.59 Å². The van der Waals surface area contributed by atoms with Crippen molar-refractivity contribution in [3.63, 3.8) is 0 Å². The van der Waals surface area contributed by atoms with Crippen LogP contribution in [0.5, 0.6) is 5.88 Å². The first kappa shape index (κ1) is 30.2. The molecule has 1 unspecified atom stereocenters. The highest BCUT2D eigenvalue weighted by Gasteiger charge is 2.21. The fourth-order valence-electron chi connectivity index (χ4n) is 5.61. The topological polar surface area (TPSA) is 136 Å². The Bertz CT molecular complexity index is 1990. The van der Waals surface area contributed by atoms with E-state index in [1.54, 1.807) is 26.6 Å². The fourth-order valence-corrected chi connectivity index (χ4v) is 5.94. The van der Waals surface area contributed by atoms with Crippen molar-refractivity contribution in [1.29, 1.82) is 0 Å². The summed E-state index contributed by atoms with van der Waals surface area (Å²) in [5, 5.41) is 15.6. The summed E-state index contributed by atoms with van der Waals surface area (Å²) in [7, 11) is 3.18. The molecule has 1 aliphatic rings. The summed E-state index contributed by atoms with van der Waals surface area (Å²) in [5.41, 5.74) is 5.96. The van der Waals surface area contributed by atoms with Crippen LogP contribution in [0.25, 0.3) is 33.2 Å². The lowest BCUT2D eigenvalue weighted by molar-refractivity contribution is -0.119.